The summed E-state index contributed by atoms with van der Waals surface area (Å²) in [6.45, 7) is 5.40. The Balaban J connectivity index is 2.36. The van der Waals surface area contributed by atoms with Crippen molar-refractivity contribution in [2.75, 3.05) is 0 Å². The molecule has 0 radical (unpaired) electrons. The molecule has 2 nitrogen and oxygen atoms in total. The topological polar surface area (TPSA) is 22.0 Å². The number of benzene rings is 1. The highest BCUT2D eigenvalue weighted by Crippen LogP contribution is 2.31. The molecule has 0 fully saturated rings. The molecule has 0 atom stereocenters. The number of para-hydroxylation sites is 1. The fourth-order valence-corrected chi connectivity index (χ4v) is 2.81. The van der Waals surface area contributed by atoms with E-state index in [-0.39, 0.29) is 0 Å². The van der Waals surface area contributed by atoms with Crippen LogP contribution >= 0.6 is 0 Å². The van der Waals surface area contributed by atoms with Gasteiger partial charge in [-0.15, -0.1) is 0 Å². The van der Waals surface area contributed by atoms with Crippen LogP contribution in [0, 0.1) is 0 Å². The number of nitrogens with zero attached hydrogens (tertiary/aromatic N) is 1. The first-order valence-electron chi connectivity index (χ1n) is 6.34. The first kappa shape index (κ1) is 10.6. The van der Waals surface area contributed by atoms with E-state index >= 15 is 0 Å². The highest BCUT2D eigenvalue weighted by Gasteiger charge is 2.21. The number of carbonyl (C=O) groups is 1. The Kier molecular flexibility index (Phi) is 2.32. The second-order valence-corrected chi connectivity index (χ2v) is 5.15. The molecule has 0 N–H and O–H groups in total. The number of aromatic nitrogens is 1. The maximum atomic E-state index is 11.9. The minimum Gasteiger partial charge on any atom is -0.338 e. The Bertz CT molecular complexity index is 592. The van der Waals surface area contributed by atoms with Crippen molar-refractivity contribution in [3.63, 3.8) is 0 Å². The fraction of sp³-hybridized carbons (Fsp3) is 0.400. The van der Waals surface area contributed by atoms with Gasteiger partial charge in [-0.25, -0.2) is 0 Å². The molecule has 17 heavy (non-hydrogen) atoms. The van der Waals surface area contributed by atoms with Crippen molar-refractivity contribution in [3.8, 4) is 0 Å². The van der Waals surface area contributed by atoms with Crippen molar-refractivity contribution < 1.29 is 4.79 Å². The van der Waals surface area contributed by atoms with Crippen molar-refractivity contribution in [1.82, 2.24) is 4.57 Å². The minimum absolute atomic E-state index is 0.294. The summed E-state index contributed by atoms with van der Waals surface area (Å²) < 4.78 is 2.22. The van der Waals surface area contributed by atoms with Crippen LogP contribution in [-0.4, -0.2) is 10.4 Å². The molecule has 1 aliphatic rings. The van der Waals surface area contributed by atoms with E-state index in [4.69, 9.17) is 0 Å². The van der Waals surface area contributed by atoms with Crippen molar-refractivity contribution in [2.24, 2.45) is 0 Å². The smallest absolute Gasteiger partial charge is 0.179 e. The van der Waals surface area contributed by atoms with Crippen LogP contribution < -0.4 is 0 Å². The monoisotopic (exact) mass is 227 g/mol. The van der Waals surface area contributed by atoms with E-state index in [1.165, 1.54) is 16.5 Å². The van der Waals surface area contributed by atoms with Crippen LogP contribution in [0.4, 0.5) is 0 Å². The van der Waals surface area contributed by atoms with Crippen LogP contribution in [0.2, 0.25) is 0 Å². The van der Waals surface area contributed by atoms with Gasteiger partial charge >= 0.3 is 0 Å². The number of aryl methyl sites for hydroxylation is 1. The van der Waals surface area contributed by atoms with Crippen LogP contribution in [0.25, 0.3) is 10.9 Å². The third-order valence-corrected chi connectivity index (χ3v) is 3.64. The predicted octanol–water partition coefficient (Wildman–Crippen LogP) is 3.74. The standard InChI is InChI=1S/C15H17NO/c1-10(2)12-6-3-5-11-9-13-14(17)7-4-8-16(13)15(11)12/h3,5-6,9-10H,4,7-8H2,1-2H3. The lowest BCUT2D eigenvalue weighted by molar-refractivity contribution is 0.0956. The molecule has 0 unspecified atom stereocenters. The maximum Gasteiger partial charge on any atom is 0.179 e. The summed E-state index contributed by atoms with van der Waals surface area (Å²) in [7, 11) is 0. The summed E-state index contributed by atoms with van der Waals surface area (Å²) in [6, 6.07) is 8.44. The molecule has 0 amide bonds. The second kappa shape index (κ2) is 3.73. The summed E-state index contributed by atoms with van der Waals surface area (Å²) in [5.74, 6) is 0.789. The molecule has 0 bridgehead atoms. The van der Waals surface area contributed by atoms with Gasteiger partial charge in [-0.05, 0) is 24.0 Å². The van der Waals surface area contributed by atoms with Gasteiger partial charge in [0.1, 0.15) is 0 Å². The maximum absolute atomic E-state index is 11.9. The van der Waals surface area contributed by atoms with Gasteiger partial charge in [0.2, 0.25) is 0 Å². The molecule has 3 rings (SSSR count). The van der Waals surface area contributed by atoms with Crippen LogP contribution in [0.3, 0.4) is 0 Å². The van der Waals surface area contributed by atoms with Gasteiger partial charge in [0, 0.05) is 18.4 Å². The van der Waals surface area contributed by atoms with Crippen molar-refractivity contribution in [3.05, 3.63) is 35.5 Å². The lowest BCUT2D eigenvalue weighted by Gasteiger charge is -2.17. The largest absolute Gasteiger partial charge is 0.338 e. The second-order valence-electron chi connectivity index (χ2n) is 5.15. The van der Waals surface area contributed by atoms with E-state index in [1.54, 1.807) is 0 Å². The molecular formula is C15H17NO. The first-order valence-corrected chi connectivity index (χ1v) is 6.34. The zero-order valence-corrected chi connectivity index (χ0v) is 10.4. The Morgan fingerprint density at radius 2 is 2.12 bits per heavy atom. The van der Waals surface area contributed by atoms with Gasteiger partial charge in [0.25, 0.3) is 0 Å². The quantitative estimate of drug-likeness (QED) is 0.727. The number of Topliss-reactive ketones (excluding diaryl/α,β-unsaturated/α-hetero) is 1. The molecule has 2 aromatic rings. The molecule has 0 saturated carbocycles. The zero-order valence-electron chi connectivity index (χ0n) is 10.4. The summed E-state index contributed by atoms with van der Waals surface area (Å²) in [6.07, 6.45) is 1.68. The van der Waals surface area contributed by atoms with E-state index in [0.29, 0.717) is 18.1 Å². The molecule has 88 valence electrons. The lowest BCUT2D eigenvalue weighted by Crippen LogP contribution is -2.16. The predicted molar refractivity (Wildman–Crippen MR) is 69.6 cm³/mol. The average molecular weight is 227 g/mol. The van der Waals surface area contributed by atoms with Crippen LogP contribution in [0.5, 0.6) is 0 Å². The normalized spacial score (nSPS) is 15.6. The summed E-state index contributed by atoms with van der Waals surface area (Å²) in [5, 5.41) is 1.21. The molecule has 1 aromatic heterocycles. The van der Waals surface area contributed by atoms with Gasteiger partial charge in [-0.1, -0.05) is 32.0 Å². The van der Waals surface area contributed by atoms with E-state index in [1.807, 2.05) is 0 Å². The third-order valence-electron chi connectivity index (χ3n) is 3.64. The number of hydrogen-bond acceptors (Lipinski definition) is 1. The molecule has 0 aliphatic carbocycles. The average Bonchev–Trinajstić information content (AvgIpc) is 2.69. The van der Waals surface area contributed by atoms with Crippen molar-refractivity contribution in [2.45, 2.75) is 39.2 Å². The van der Waals surface area contributed by atoms with E-state index in [0.717, 1.165) is 18.7 Å². The lowest BCUT2D eigenvalue weighted by atomic mass is 10.0. The van der Waals surface area contributed by atoms with Gasteiger partial charge in [-0.2, -0.15) is 0 Å². The molecular weight excluding hydrogens is 210 g/mol. The molecule has 1 aliphatic heterocycles. The number of ketones is 1. The van der Waals surface area contributed by atoms with E-state index in [2.05, 4.69) is 42.7 Å². The van der Waals surface area contributed by atoms with Crippen molar-refractivity contribution in [1.29, 1.82) is 0 Å². The van der Waals surface area contributed by atoms with Crippen molar-refractivity contribution >= 4 is 16.7 Å². The Morgan fingerprint density at radius 1 is 1.29 bits per heavy atom. The molecule has 2 heterocycles. The van der Waals surface area contributed by atoms with E-state index < -0.39 is 0 Å². The Labute approximate surface area is 101 Å². The molecule has 1 aromatic carbocycles. The SMILES string of the molecule is CC(C)c1cccc2cc3n(c12)CCCC3=O. The van der Waals surface area contributed by atoms with E-state index in [9.17, 15) is 4.79 Å². The van der Waals surface area contributed by atoms with Gasteiger partial charge in [0.15, 0.2) is 5.78 Å². The molecule has 2 heteroatoms. The summed E-state index contributed by atoms with van der Waals surface area (Å²) in [5.41, 5.74) is 3.52. The highest BCUT2D eigenvalue weighted by atomic mass is 16.1. The van der Waals surface area contributed by atoms with Crippen LogP contribution in [0.1, 0.15) is 48.7 Å². The van der Waals surface area contributed by atoms with Crippen LogP contribution in [-0.2, 0) is 6.54 Å². The Hall–Kier alpha value is -1.57. The zero-order chi connectivity index (χ0) is 12.0. The Morgan fingerprint density at radius 3 is 2.88 bits per heavy atom. The minimum atomic E-state index is 0.294. The van der Waals surface area contributed by atoms with Crippen LogP contribution in [0.15, 0.2) is 24.3 Å². The molecule has 0 saturated heterocycles. The van der Waals surface area contributed by atoms with Gasteiger partial charge < -0.3 is 4.57 Å². The van der Waals surface area contributed by atoms with Gasteiger partial charge in [0.05, 0.1) is 11.2 Å². The summed E-state index contributed by atoms with van der Waals surface area (Å²) >= 11 is 0. The third kappa shape index (κ3) is 1.51. The summed E-state index contributed by atoms with van der Waals surface area (Å²) in [4.78, 5) is 11.9. The fourth-order valence-electron chi connectivity index (χ4n) is 2.81. The van der Waals surface area contributed by atoms with Gasteiger partial charge in [-0.3, -0.25) is 4.79 Å². The number of rotatable bonds is 1. The number of fused-ring (bicyclic) bond motifs is 3. The number of carbonyl (C=O) groups excluding carboxylic acids is 1. The number of hydrogen-bond donors (Lipinski definition) is 0. The first-order chi connectivity index (χ1) is 8.18. The highest BCUT2D eigenvalue weighted by molar-refractivity contribution is 6.01. The molecule has 0 spiro atoms.